The minimum absolute atomic E-state index is 0.0413. The van der Waals surface area contributed by atoms with E-state index in [-0.39, 0.29) is 30.5 Å². The molecule has 3 heterocycles. The molecule has 0 radical (unpaired) electrons. The topological polar surface area (TPSA) is 224 Å². The first-order valence-electron chi connectivity index (χ1n) is 11.7. The summed E-state index contributed by atoms with van der Waals surface area (Å²) in [5.41, 5.74) is 4.81. The van der Waals surface area contributed by atoms with E-state index in [1.165, 1.54) is 47.8 Å². The third-order valence-corrected chi connectivity index (χ3v) is 8.70. The number of nitrogens with two attached hydrogens (primary N) is 1. The van der Waals surface area contributed by atoms with E-state index in [1.54, 1.807) is 18.2 Å². The molecule has 0 amide bonds. The standard InChI is InChI=1S/C22H25N6O10PS/c1-13(20(30)35-10-15-7-8-18(37-15)28(32)33)26-39(34,38-14-5-3-2-4-6-14)36-11-17-16(29)9-19(40-17)27-12-24-21(23)25-22(27)31/h2-8,12-13,16-17,19,29H,9-11H2,1H3,(H,26,34)(H2,23,25,31)/t13-,16-,17+,19+,39-/m0/s1. The third kappa shape index (κ3) is 7.45. The van der Waals surface area contributed by atoms with Crippen molar-refractivity contribution in [2.24, 2.45) is 0 Å². The molecule has 0 aliphatic carbocycles. The van der Waals surface area contributed by atoms with E-state index in [0.717, 1.165) is 6.07 Å². The average molecular weight is 597 g/mol. The minimum atomic E-state index is -4.24. The van der Waals surface area contributed by atoms with Crippen LogP contribution in [0.5, 0.6) is 5.75 Å². The highest BCUT2D eigenvalue weighted by Gasteiger charge is 2.39. The second-order valence-corrected chi connectivity index (χ2v) is 11.6. The van der Waals surface area contributed by atoms with Gasteiger partial charge in [-0.25, -0.2) is 14.3 Å². The van der Waals surface area contributed by atoms with E-state index in [0.29, 0.717) is 0 Å². The first-order valence-corrected chi connectivity index (χ1v) is 14.2. The molecule has 40 heavy (non-hydrogen) atoms. The number of aliphatic hydroxyl groups excluding tert-OH is 1. The summed E-state index contributed by atoms with van der Waals surface area (Å²) in [6.07, 6.45) is 0.457. The number of benzene rings is 1. The molecular formula is C22H25N6O10PS. The number of thioether (sulfide) groups is 1. The quantitative estimate of drug-likeness (QED) is 0.118. The number of carbonyl (C=O) groups is 1. The Labute approximate surface area is 230 Å². The number of hydrogen-bond acceptors (Lipinski definition) is 14. The second kappa shape index (κ2) is 12.6. The van der Waals surface area contributed by atoms with Gasteiger partial charge in [-0.2, -0.15) is 10.1 Å². The van der Waals surface area contributed by atoms with E-state index >= 15 is 0 Å². The Kier molecular flexibility index (Phi) is 9.21. The SMILES string of the molecule is C[C@H](N[P@](=O)(OC[C@H]1S[C@@H](n2cnc(N)nc2=O)C[C@@H]1O)Oc1ccccc1)C(=O)OCc1ccc([N+](=O)[O-])o1. The number of furan rings is 1. The van der Waals surface area contributed by atoms with Crippen LogP contribution in [0.25, 0.3) is 0 Å². The molecule has 214 valence electrons. The maximum Gasteiger partial charge on any atom is 0.459 e. The number of hydrogen-bond donors (Lipinski definition) is 3. The summed E-state index contributed by atoms with van der Waals surface area (Å²) in [7, 11) is -4.24. The Morgan fingerprint density at radius 1 is 1.38 bits per heavy atom. The highest BCUT2D eigenvalue weighted by atomic mass is 32.2. The summed E-state index contributed by atoms with van der Waals surface area (Å²) in [5, 5.41) is 22.7. The van der Waals surface area contributed by atoms with E-state index < -0.39 is 59.6 Å². The van der Waals surface area contributed by atoms with Crippen LogP contribution in [0.15, 0.2) is 58.0 Å². The zero-order valence-corrected chi connectivity index (χ0v) is 22.6. The van der Waals surface area contributed by atoms with E-state index in [1.807, 2.05) is 0 Å². The molecule has 0 spiro atoms. The zero-order valence-electron chi connectivity index (χ0n) is 20.9. The van der Waals surface area contributed by atoms with Crippen molar-refractivity contribution in [3.05, 3.63) is 75.2 Å². The number of aliphatic hydroxyl groups is 1. The van der Waals surface area contributed by atoms with Crippen molar-refractivity contribution in [3.8, 4) is 5.75 Å². The van der Waals surface area contributed by atoms with Crippen LogP contribution in [-0.4, -0.2) is 54.5 Å². The van der Waals surface area contributed by atoms with Gasteiger partial charge in [0, 0.05) is 6.42 Å². The lowest BCUT2D eigenvalue weighted by Gasteiger charge is -2.24. The number of rotatable bonds is 12. The normalized spacial score (nSPS) is 20.9. The van der Waals surface area contributed by atoms with Crippen molar-refractivity contribution in [1.29, 1.82) is 0 Å². The number of ether oxygens (including phenoxy) is 1. The Morgan fingerprint density at radius 3 is 2.80 bits per heavy atom. The third-order valence-electron chi connectivity index (χ3n) is 5.53. The lowest BCUT2D eigenvalue weighted by atomic mass is 10.2. The van der Waals surface area contributed by atoms with Crippen LogP contribution in [0.4, 0.5) is 11.8 Å². The van der Waals surface area contributed by atoms with Gasteiger partial charge in [-0.3, -0.25) is 24.0 Å². The molecule has 1 fully saturated rings. The molecular weight excluding hydrogens is 571 g/mol. The Morgan fingerprint density at radius 2 is 2.12 bits per heavy atom. The molecule has 1 saturated heterocycles. The first-order chi connectivity index (χ1) is 19.0. The largest absolute Gasteiger partial charge is 0.459 e. The highest BCUT2D eigenvalue weighted by molar-refractivity contribution is 8.00. The van der Waals surface area contributed by atoms with Gasteiger partial charge < -0.3 is 24.5 Å². The predicted molar refractivity (Wildman–Crippen MR) is 140 cm³/mol. The molecule has 16 nitrogen and oxygen atoms in total. The molecule has 5 atom stereocenters. The summed E-state index contributed by atoms with van der Waals surface area (Å²) in [5.74, 6) is -1.32. The molecule has 18 heteroatoms. The van der Waals surface area contributed by atoms with E-state index in [9.17, 15) is 29.4 Å². The first kappa shape index (κ1) is 29.2. The number of carbonyl (C=O) groups excluding carboxylic acids is 1. The Hall–Kier alpha value is -3.76. The predicted octanol–water partition coefficient (Wildman–Crippen LogP) is 2.01. The number of aromatic nitrogens is 3. The number of nitrogens with one attached hydrogen (secondary N) is 1. The molecule has 4 N–H and O–H groups in total. The van der Waals surface area contributed by atoms with Gasteiger partial charge in [-0.1, -0.05) is 18.2 Å². The highest BCUT2D eigenvalue weighted by Crippen LogP contribution is 2.48. The smallest absolute Gasteiger partial charge is 0.456 e. The summed E-state index contributed by atoms with van der Waals surface area (Å²) >= 11 is 1.19. The molecule has 2 aromatic heterocycles. The van der Waals surface area contributed by atoms with Crippen molar-refractivity contribution >= 4 is 37.3 Å². The molecule has 1 aromatic carbocycles. The van der Waals surface area contributed by atoms with Gasteiger partial charge >= 0.3 is 25.3 Å². The number of nitrogens with zero attached hydrogens (tertiary/aromatic N) is 4. The van der Waals surface area contributed by atoms with Gasteiger partial charge in [0.25, 0.3) is 0 Å². The fourth-order valence-electron chi connectivity index (χ4n) is 3.57. The number of anilines is 1. The van der Waals surface area contributed by atoms with Crippen molar-refractivity contribution in [2.75, 3.05) is 12.3 Å². The molecule has 0 bridgehead atoms. The number of nitrogen functional groups attached to an aromatic ring is 1. The molecule has 0 unspecified atom stereocenters. The number of para-hydroxylation sites is 1. The molecule has 3 aromatic rings. The minimum Gasteiger partial charge on any atom is -0.456 e. The molecule has 4 rings (SSSR count). The van der Waals surface area contributed by atoms with Crippen LogP contribution in [0.2, 0.25) is 0 Å². The Bertz CT molecular complexity index is 1450. The van der Waals surface area contributed by atoms with Gasteiger partial charge in [0.05, 0.1) is 29.4 Å². The van der Waals surface area contributed by atoms with Crippen LogP contribution in [0.3, 0.4) is 0 Å². The van der Waals surface area contributed by atoms with Gasteiger partial charge in [0.2, 0.25) is 5.95 Å². The van der Waals surface area contributed by atoms with Crippen molar-refractivity contribution < 1.29 is 37.6 Å². The number of nitro groups is 1. The van der Waals surface area contributed by atoms with Crippen LogP contribution in [0.1, 0.15) is 24.5 Å². The van der Waals surface area contributed by atoms with Crippen LogP contribution >= 0.6 is 19.5 Å². The maximum atomic E-state index is 13.7. The fourth-order valence-corrected chi connectivity index (χ4v) is 6.61. The monoisotopic (exact) mass is 596 g/mol. The van der Waals surface area contributed by atoms with Crippen molar-refractivity contribution in [2.45, 2.75) is 42.7 Å². The fraction of sp³-hybridized carbons (Fsp3) is 0.364. The van der Waals surface area contributed by atoms with Gasteiger partial charge in [0.15, 0.2) is 0 Å². The lowest BCUT2D eigenvalue weighted by molar-refractivity contribution is -0.402. The summed E-state index contributed by atoms with van der Waals surface area (Å²) in [6, 6.07) is 9.29. The number of esters is 1. The van der Waals surface area contributed by atoms with Gasteiger partial charge in [0.1, 0.15) is 35.4 Å². The molecule has 1 aliphatic heterocycles. The van der Waals surface area contributed by atoms with Crippen LogP contribution < -0.4 is 21.0 Å². The average Bonchev–Trinajstić information content (AvgIpc) is 3.53. The van der Waals surface area contributed by atoms with Gasteiger partial charge in [-0.05, 0) is 25.1 Å². The van der Waals surface area contributed by atoms with Crippen LogP contribution in [-0.2, 0) is 25.2 Å². The van der Waals surface area contributed by atoms with E-state index in [2.05, 4.69) is 15.1 Å². The molecule has 0 saturated carbocycles. The zero-order chi connectivity index (χ0) is 28.9. The summed E-state index contributed by atoms with van der Waals surface area (Å²) < 4.78 is 36.2. The lowest BCUT2D eigenvalue weighted by Crippen LogP contribution is -2.36. The maximum absolute atomic E-state index is 13.7. The van der Waals surface area contributed by atoms with Gasteiger partial charge in [-0.15, -0.1) is 11.8 Å². The van der Waals surface area contributed by atoms with Crippen molar-refractivity contribution in [1.82, 2.24) is 19.6 Å². The molecule has 1 aliphatic rings. The second-order valence-electron chi connectivity index (χ2n) is 8.49. The van der Waals surface area contributed by atoms with Crippen molar-refractivity contribution in [3.63, 3.8) is 0 Å². The summed E-state index contributed by atoms with van der Waals surface area (Å²) in [4.78, 5) is 42.2. The summed E-state index contributed by atoms with van der Waals surface area (Å²) in [6.45, 7) is 0.686. The van der Waals surface area contributed by atoms with Crippen LogP contribution in [0, 0.1) is 10.1 Å². The Balaban J connectivity index is 1.41. The van der Waals surface area contributed by atoms with E-state index in [4.69, 9.17) is 23.9 Å².